The molecule has 27 heavy (non-hydrogen) atoms. The number of rotatable bonds is 5. The van der Waals surface area contributed by atoms with Gasteiger partial charge in [-0.1, -0.05) is 6.07 Å². The number of halogens is 2. The molecular formula is C19H19F2N3O3. The molecule has 0 atom stereocenters. The molecule has 0 radical (unpaired) electrons. The standard InChI is InChI=1S/C19H19F2N3O3/c1-11-10-13(6-7-15(11)24-9-8-22-19(24)26)17(25)23-14-4-3-5-16(12(14)2)27-18(20)21/h3-7,10,18H,8-9H2,1-2H3,(H,22,26)(H,23,25). The fraction of sp³-hybridized carbons (Fsp3) is 0.263. The van der Waals surface area contributed by atoms with Gasteiger partial charge in [0.1, 0.15) is 5.75 Å². The molecule has 2 aromatic carbocycles. The zero-order chi connectivity index (χ0) is 19.6. The normalized spacial score (nSPS) is 13.7. The van der Waals surface area contributed by atoms with Crippen molar-refractivity contribution in [1.82, 2.24) is 5.32 Å². The van der Waals surface area contributed by atoms with Crippen LogP contribution in [0.15, 0.2) is 36.4 Å². The highest BCUT2D eigenvalue weighted by Gasteiger charge is 2.23. The van der Waals surface area contributed by atoms with Gasteiger partial charge in [-0.15, -0.1) is 0 Å². The Morgan fingerprint density at radius 1 is 1.26 bits per heavy atom. The van der Waals surface area contributed by atoms with Crippen LogP contribution < -0.4 is 20.3 Å². The van der Waals surface area contributed by atoms with Crippen molar-refractivity contribution < 1.29 is 23.1 Å². The van der Waals surface area contributed by atoms with E-state index in [0.29, 0.717) is 29.9 Å². The molecule has 1 saturated heterocycles. The van der Waals surface area contributed by atoms with Crippen LogP contribution in [0.5, 0.6) is 5.75 Å². The van der Waals surface area contributed by atoms with E-state index in [0.717, 1.165) is 11.3 Å². The molecule has 0 aromatic heterocycles. The summed E-state index contributed by atoms with van der Waals surface area (Å²) in [6, 6.07) is 9.42. The highest BCUT2D eigenvalue weighted by atomic mass is 19.3. The highest BCUT2D eigenvalue weighted by molar-refractivity contribution is 6.05. The summed E-state index contributed by atoms with van der Waals surface area (Å²) in [5, 5.41) is 5.44. The van der Waals surface area contributed by atoms with Gasteiger partial charge < -0.3 is 15.4 Å². The average Bonchev–Trinajstić information content (AvgIpc) is 3.03. The maximum atomic E-state index is 12.6. The van der Waals surface area contributed by atoms with Crippen molar-refractivity contribution in [2.75, 3.05) is 23.3 Å². The van der Waals surface area contributed by atoms with Gasteiger partial charge in [-0.2, -0.15) is 8.78 Å². The number of carbonyl (C=O) groups excluding carboxylic acids is 2. The number of urea groups is 1. The Morgan fingerprint density at radius 2 is 2.04 bits per heavy atom. The minimum Gasteiger partial charge on any atom is -0.434 e. The number of carbonyl (C=O) groups is 2. The van der Waals surface area contributed by atoms with Gasteiger partial charge in [-0.25, -0.2) is 4.79 Å². The molecule has 0 spiro atoms. The molecular weight excluding hydrogens is 356 g/mol. The van der Waals surface area contributed by atoms with E-state index in [2.05, 4.69) is 15.4 Å². The Labute approximate surface area is 155 Å². The molecule has 1 aliphatic rings. The number of aryl methyl sites for hydroxylation is 1. The summed E-state index contributed by atoms with van der Waals surface area (Å²) in [6.45, 7) is 1.62. The largest absolute Gasteiger partial charge is 0.434 e. The second kappa shape index (κ2) is 7.61. The summed E-state index contributed by atoms with van der Waals surface area (Å²) in [4.78, 5) is 26.0. The first-order valence-electron chi connectivity index (χ1n) is 8.38. The number of hydrogen-bond acceptors (Lipinski definition) is 3. The first-order valence-corrected chi connectivity index (χ1v) is 8.38. The zero-order valence-corrected chi connectivity index (χ0v) is 14.9. The molecule has 142 valence electrons. The van der Waals surface area contributed by atoms with E-state index in [-0.39, 0.29) is 17.7 Å². The lowest BCUT2D eigenvalue weighted by Crippen LogP contribution is -2.28. The molecule has 6 nitrogen and oxygen atoms in total. The van der Waals surface area contributed by atoms with Gasteiger partial charge >= 0.3 is 12.6 Å². The van der Waals surface area contributed by atoms with Gasteiger partial charge in [-0.3, -0.25) is 9.69 Å². The van der Waals surface area contributed by atoms with Crippen molar-refractivity contribution in [2.24, 2.45) is 0 Å². The number of amides is 3. The molecule has 0 bridgehead atoms. The second-order valence-corrected chi connectivity index (χ2v) is 6.15. The fourth-order valence-electron chi connectivity index (χ4n) is 2.97. The van der Waals surface area contributed by atoms with Crippen molar-refractivity contribution >= 4 is 23.3 Å². The van der Waals surface area contributed by atoms with E-state index in [1.54, 1.807) is 36.1 Å². The maximum absolute atomic E-state index is 12.6. The third-order valence-corrected chi connectivity index (χ3v) is 4.35. The predicted octanol–water partition coefficient (Wildman–Crippen LogP) is 3.69. The predicted molar refractivity (Wildman–Crippen MR) is 97.7 cm³/mol. The highest BCUT2D eigenvalue weighted by Crippen LogP contribution is 2.28. The summed E-state index contributed by atoms with van der Waals surface area (Å²) in [5.74, 6) is -0.373. The molecule has 3 amide bonds. The van der Waals surface area contributed by atoms with E-state index in [1.165, 1.54) is 12.1 Å². The molecule has 8 heteroatoms. The Kier molecular flexibility index (Phi) is 5.25. The minimum absolute atomic E-state index is 0.00868. The van der Waals surface area contributed by atoms with Crippen molar-refractivity contribution in [3.8, 4) is 5.75 Å². The number of hydrogen-bond donors (Lipinski definition) is 2. The number of nitrogens with one attached hydrogen (secondary N) is 2. The van der Waals surface area contributed by atoms with Crippen LogP contribution in [0.3, 0.4) is 0 Å². The fourth-order valence-corrected chi connectivity index (χ4v) is 2.97. The van der Waals surface area contributed by atoms with Gasteiger partial charge in [0.05, 0.1) is 0 Å². The minimum atomic E-state index is -2.94. The first kappa shape index (κ1) is 18.6. The Balaban J connectivity index is 1.79. The van der Waals surface area contributed by atoms with Crippen LogP contribution >= 0.6 is 0 Å². The molecule has 0 unspecified atom stereocenters. The molecule has 2 N–H and O–H groups in total. The number of anilines is 2. The number of ether oxygens (including phenoxy) is 1. The molecule has 1 aliphatic heterocycles. The van der Waals surface area contributed by atoms with Gasteiger partial charge in [0.2, 0.25) is 0 Å². The third-order valence-electron chi connectivity index (χ3n) is 4.35. The van der Waals surface area contributed by atoms with Gasteiger partial charge in [0.25, 0.3) is 5.91 Å². The topological polar surface area (TPSA) is 70.7 Å². The molecule has 1 fully saturated rings. The van der Waals surface area contributed by atoms with Crippen LogP contribution in [-0.4, -0.2) is 31.6 Å². The first-order chi connectivity index (χ1) is 12.9. The van der Waals surface area contributed by atoms with Crippen molar-refractivity contribution in [3.05, 3.63) is 53.1 Å². The third kappa shape index (κ3) is 3.99. The summed E-state index contributed by atoms with van der Waals surface area (Å²) >= 11 is 0. The number of benzene rings is 2. The average molecular weight is 375 g/mol. The van der Waals surface area contributed by atoms with E-state index in [9.17, 15) is 18.4 Å². The van der Waals surface area contributed by atoms with Crippen LogP contribution in [0.1, 0.15) is 21.5 Å². The van der Waals surface area contributed by atoms with Crippen molar-refractivity contribution in [2.45, 2.75) is 20.5 Å². The quantitative estimate of drug-likeness (QED) is 0.837. The number of alkyl halides is 2. The van der Waals surface area contributed by atoms with E-state index < -0.39 is 6.61 Å². The van der Waals surface area contributed by atoms with Crippen LogP contribution in [0.2, 0.25) is 0 Å². The van der Waals surface area contributed by atoms with Crippen LogP contribution in [0, 0.1) is 13.8 Å². The monoisotopic (exact) mass is 375 g/mol. The summed E-state index contributed by atoms with van der Waals surface area (Å²) in [7, 11) is 0. The molecule has 2 aromatic rings. The Hall–Kier alpha value is -3.16. The smallest absolute Gasteiger partial charge is 0.387 e. The lowest BCUT2D eigenvalue weighted by atomic mass is 10.1. The lowest BCUT2D eigenvalue weighted by Gasteiger charge is -2.18. The van der Waals surface area contributed by atoms with Crippen LogP contribution in [-0.2, 0) is 0 Å². The molecule has 0 aliphatic carbocycles. The van der Waals surface area contributed by atoms with E-state index in [4.69, 9.17) is 0 Å². The Bertz CT molecular complexity index is 886. The zero-order valence-electron chi connectivity index (χ0n) is 14.9. The summed E-state index contributed by atoms with van der Waals surface area (Å²) < 4.78 is 29.4. The summed E-state index contributed by atoms with van der Waals surface area (Å²) in [5.41, 5.74) is 2.72. The molecule has 3 rings (SSSR count). The summed E-state index contributed by atoms with van der Waals surface area (Å²) in [6.07, 6.45) is 0. The van der Waals surface area contributed by atoms with Gasteiger partial charge in [-0.05, 0) is 49.7 Å². The van der Waals surface area contributed by atoms with E-state index in [1.807, 2.05) is 6.92 Å². The van der Waals surface area contributed by atoms with Gasteiger partial charge in [0, 0.05) is 35.6 Å². The van der Waals surface area contributed by atoms with Crippen molar-refractivity contribution in [3.63, 3.8) is 0 Å². The Morgan fingerprint density at radius 3 is 2.67 bits per heavy atom. The molecule has 1 heterocycles. The maximum Gasteiger partial charge on any atom is 0.387 e. The SMILES string of the molecule is Cc1cc(C(=O)Nc2cccc(OC(F)F)c2C)ccc1N1CCNC1=O. The lowest BCUT2D eigenvalue weighted by molar-refractivity contribution is -0.0502. The molecule has 0 saturated carbocycles. The van der Waals surface area contributed by atoms with Crippen molar-refractivity contribution in [1.29, 1.82) is 0 Å². The van der Waals surface area contributed by atoms with Gasteiger partial charge in [0.15, 0.2) is 0 Å². The second-order valence-electron chi connectivity index (χ2n) is 6.15. The number of nitrogens with zero attached hydrogens (tertiary/aromatic N) is 1. The van der Waals surface area contributed by atoms with Crippen LogP contribution in [0.4, 0.5) is 25.0 Å². The van der Waals surface area contributed by atoms with Crippen LogP contribution in [0.25, 0.3) is 0 Å². The van der Waals surface area contributed by atoms with E-state index >= 15 is 0 Å².